The molecule has 0 amide bonds. The van der Waals surface area contributed by atoms with Crippen LogP contribution >= 0.6 is 12.4 Å². The van der Waals surface area contributed by atoms with Crippen LogP contribution in [0.1, 0.15) is 12.0 Å². The van der Waals surface area contributed by atoms with Gasteiger partial charge in [-0.15, -0.1) is 12.4 Å². The van der Waals surface area contributed by atoms with Gasteiger partial charge >= 0.3 is 0 Å². The smallest absolute Gasteiger partial charge is 0.0751 e. The normalized spacial score (nSPS) is 18.6. The van der Waals surface area contributed by atoms with E-state index in [1.165, 1.54) is 23.1 Å². The molecule has 1 aliphatic rings. The third kappa shape index (κ3) is 2.42. The molecule has 3 rings (SSSR count). The number of anilines is 1. The molecule has 1 saturated heterocycles. The third-order valence-corrected chi connectivity index (χ3v) is 3.39. The molecule has 0 unspecified atom stereocenters. The highest BCUT2D eigenvalue weighted by Gasteiger charge is 2.15. The zero-order chi connectivity index (χ0) is 11.7. The van der Waals surface area contributed by atoms with Crippen LogP contribution in [0.15, 0.2) is 30.5 Å². The van der Waals surface area contributed by atoms with E-state index in [0.717, 1.165) is 18.6 Å². The van der Waals surface area contributed by atoms with E-state index in [2.05, 4.69) is 40.7 Å². The number of halogens is 1. The first-order chi connectivity index (χ1) is 8.34. The van der Waals surface area contributed by atoms with Gasteiger partial charge in [0.25, 0.3) is 0 Å². The summed E-state index contributed by atoms with van der Waals surface area (Å²) in [6.45, 7) is 4.27. The molecule has 1 aromatic carbocycles. The van der Waals surface area contributed by atoms with Crippen molar-refractivity contribution < 1.29 is 0 Å². The second kappa shape index (κ2) is 5.55. The van der Waals surface area contributed by atoms with Crippen molar-refractivity contribution in [3.63, 3.8) is 0 Å². The second-order valence-corrected chi connectivity index (χ2v) is 4.66. The maximum absolute atomic E-state index is 4.46. The molecular formula is C14H18ClN3. The summed E-state index contributed by atoms with van der Waals surface area (Å²) >= 11 is 0. The van der Waals surface area contributed by atoms with Gasteiger partial charge in [0.15, 0.2) is 0 Å². The average molecular weight is 264 g/mol. The van der Waals surface area contributed by atoms with Gasteiger partial charge in [-0.05, 0) is 43.7 Å². The summed E-state index contributed by atoms with van der Waals surface area (Å²) < 4.78 is 0. The summed E-state index contributed by atoms with van der Waals surface area (Å²) in [5.74, 6) is 0. The maximum atomic E-state index is 4.46. The molecule has 0 spiro atoms. The molecule has 1 aromatic heterocycles. The molecule has 0 aliphatic carbocycles. The van der Waals surface area contributed by atoms with Crippen molar-refractivity contribution in [2.75, 3.05) is 18.4 Å². The number of nitrogens with zero attached hydrogens (tertiary/aromatic N) is 1. The summed E-state index contributed by atoms with van der Waals surface area (Å²) in [7, 11) is 0. The Bertz CT molecular complexity index is 536. The second-order valence-electron chi connectivity index (χ2n) is 4.66. The molecule has 0 radical (unpaired) electrons. The molecule has 0 bridgehead atoms. The number of hydrogen-bond donors (Lipinski definition) is 2. The third-order valence-electron chi connectivity index (χ3n) is 3.39. The summed E-state index contributed by atoms with van der Waals surface area (Å²) in [5, 5.41) is 8.20. The highest BCUT2D eigenvalue weighted by atomic mass is 35.5. The van der Waals surface area contributed by atoms with Crippen LogP contribution in [0, 0.1) is 6.92 Å². The van der Waals surface area contributed by atoms with Gasteiger partial charge < -0.3 is 10.6 Å². The number of pyridine rings is 1. The van der Waals surface area contributed by atoms with Crippen molar-refractivity contribution in [2.24, 2.45) is 0 Å². The highest BCUT2D eigenvalue weighted by molar-refractivity contribution is 5.93. The van der Waals surface area contributed by atoms with Gasteiger partial charge in [-0.2, -0.15) is 0 Å². The number of rotatable bonds is 2. The van der Waals surface area contributed by atoms with Crippen LogP contribution < -0.4 is 10.6 Å². The van der Waals surface area contributed by atoms with Gasteiger partial charge in [-0.25, -0.2) is 0 Å². The van der Waals surface area contributed by atoms with Gasteiger partial charge in [0.1, 0.15) is 0 Å². The first kappa shape index (κ1) is 13.1. The standard InChI is InChI=1S/C14H17N3.ClH/c1-10-4-5-13(17-11-6-8-15-9-11)12-3-2-7-16-14(10)12;/h2-5,7,11,15,17H,6,8-9H2,1H3;1H/t11-;/m0./s1. The SMILES string of the molecule is Cc1ccc(N[C@H]2CCNC2)c2cccnc12.Cl. The van der Waals surface area contributed by atoms with E-state index in [4.69, 9.17) is 0 Å². The quantitative estimate of drug-likeness (QED) is 0.875. The topological polar surface area (TPSA) is 37.0 Å². The minimum atomic E-state index is 0. The number of aromatic nitrogens is 1. The number of aryl methyl sites for hydroxylation is 1. The van der Waals surface area contributed by atoms with Crippen molar-refractivity contribution in [1.29, 1.82) is 0 Å². The van der Waals surface area contributed by atoms with E-state index in [1.807, 2.05) is 12.3 Å². The molecule has 1 atom stereocenters. The molecular weight excluding hydrogens is 246 g/mol. The summed E-state index contributed by atoms with van der Waals surface area (Å²) in [6, 6.07) is 8.98. The molecule has 1 fully saturated rings. The Morgan fingerprint density at radius 3 is 3.00 bits per heavy atom. The molecule has 0 saturated carbocycles. The molecule has 96 valence electrons. The monoisotopic (exact) mass is 263 g/mol. The molecule has 1 aliphatic heterocycles. The fraction of sp³-hybridized carbons (Fsp3) is 0.357. The molecule has 18 heavy (non-hydrogen) atoms. The Balaban J connectivity index is 0.00000120. The van der Waals surface area contributed by atoms with Crippen LogP contribution in [0.5, 0.6) is 0 Å². The Hall–Kier alpha value is -1.32. The van der Waals surface area contributed by atoms with Crippen LogP contribution in [-0.4, -0.2) is 24.1 Å². The summed E-state index contributed by atoms with van der Waals surface area (Å²) in [5.41, 5.74) is 3.53. The molecule has 3 nitrogen and oxygen atoms in total. The van der Waals surface area contributed by atoms with Crippen LogP contribution in [-0.2, 0) is 0 Å². The van der Waals surface area contributed by atoms with E-state index < -0.39 is 0 Å². The lowest BCUT2D eigenvalue weighted by molar-refractivity contribution is 0.794. The predicted molar refractivity (Wildman–Crippen MR) is 78.6 cm³/mol. The summed E-state index contributed by atoms with van der Waals surface area (Å²) in [4.78, 5) is 4.46. The fourth-order valence-electron chi connectivity index (χ4n) is 2.44. The molecule has 4 heteroatoms. The molecule has 2 N–H and O–H groups in total. The molecule has 2 heterocycles. The van der Waals surface area contributed by atoms with E-state index >= 15 is 0 Å². The van der Waals surface area contributed by atoms with E-state index in [-0.39, 0.29) is 12.4 Å². The molecule has 2 aromatic rings. The van der Waals surface area contributed by atoms with Gasteiger partial charge in [0.05, 0.1) is 5.52 Å². The lowest BCUT2D eigenvalue weighted by Gasteiger charge is -2.15. The highest BCUT2D eigenvalue weighted by Crippen LogP contribution is 2.25. The zero-order valence-electron chi connectivity index (χ0n) is 10.4. The number of benzene rings is 1. The maximum Gasteiger partial charge on any atom is 0.0751 e. The van der Waals surface area contributed by atoms with Gasteiger partial charge in [0, 0.05) is 29.9 Å². The van der Waals surface area contributed by atoms with Crippen molar-refractivity contribution in [3.05, 3.63) is 36.0 Å². The van der Waals surface area contributed by atoms with Crippen LogP contribution in [0.4, 0.5) is 5.69 Å². The van der Waals surface area contributed by atoms with Gasteiger partial charge in [-0.1, -0.05) is 6.07 Å². The number of hydrogen-bond acceptors (Lipinski definition) is 3. The zero-order valence-corrected chi connectivity index (χ0v) is 11.3. The van der Waals surface area contributed by atoms with Gasteiger partial charge in [0.2, 0.25) is 0 Å². The minimum absolute atomic E-state index is 0. The lowest BCUT2D eigenvalue weighted by Crippen LogP contribution is -2.22. The van der Waals surface area contributed by atoms with E-state index in [1.54, 1.807) is 0 Å². The first-order valence-corrected chi connectivity index (χ1v) is 6.16. The van der Waals surface area contributed by atoms with E-state index in [0.29, 0.717) is 6.04 Å². The lowest BCUT2D eigenvalue weighted by atomic mass is 10.1. The van der Waals surface area contributed by atoms with Gasteiger partial charge in [-0.3, -0.25) is 4.98 Å². The van der Waals surface area contributed by atoms with E-state index in [9.17, 15) is 0 Å². The largest absolute Gasteiger partial charge is 0.380 e. The Labute approximate surface area is 113 Å². The van der Waals surface area contributed by atoms with Crippen molar-refractivity contribution in [1.82, 2.24) is 10.3 Å². The number of fused-ring (bicyclic) bond motifs is 1. The van der Waals surface area contributed by atoms with Crippen molar-refractivity contribution in [2.45, 2.75) is 19.4 Å². The summed E-state index contributed by atoms with van der Waals surface area (Å²) in [6.07, 6.45) is 3.05. The Morgan fingerprint density at radius 2 is 2.22 bits per heavy atom. The minimum Gasteiger partial charge on any atom is -0.380 e. The number of nitrogens with one attached hydrogen (secondary N) is 2. The van der Waals surface area contributed by atoms with Crippen LogP contribution in [0.2, 0.25) is 0 Å². The Morgan fingerprint density at radius 1 is 1.33 bits per heavy atom. The van der Waals surface area contributed by atoms with Crippen LogP contribution in [0.3, 0.4) is 0 Å². The predicted octanol–water partition coefficient (Wildman–Crippen LogP) is 2.74. The van der Waals surface area contributed by atoms with Crippen molar-refractivity contribution in [3.8, 4) is 0 Å². The average Bonchev–Trinajstić information content (AvgIpc) is 2.86. The van der Waals surface area contributed by atoms with Crippen molar-refractivity contribution >= 4 is 29.0 Å². The Kier molecular flexibility index (Phi) is 4.04. The van der Waals surface area contributed by atoms with Crippen LogP contribution in [0.25, 0.3) is 10.9 Å². The first-order valence-electron chi connectivity index (χ1n) is 6.16. The fourth-order valence-corrected chi connectivity index (χ4v) is 2.44.